The third-order valence-electron chi connectivity index (χ3n) is 3.16. The molecule has 100 valence electrons. The van der Waals surface area contributed by atoms with E-state index in [1.807, 2.05) is 48.5 Å². The molecule has 0 bridgehead atoms. The van der Waals surface area contributed by atoms with Crippen molar-refractivity contribution in [3.63, 3.8) is 0 Å². The van der Waals surface area contributed by atoms with Gasteiger partial charge in [-0.15, -0.1) is 0 Å². The Hall–Kier alpha value is -3.08. The van der Waals surface area contributed by atoms with Gasteiger partial charge in [0.2, 0.25) is 5.82 Å². The van der Waals surface area contributed by atoms with Crippen LogP contribution in [0.5, 0.6) is 0 Å². The highest BCUT2D eigenvalue weighted by Gasteiger charge is 2.11. The molecule has 3 aromatic heterocycles. The fraction of sp³-hybridized carbons (Fsp3) is 0. The van der Waals surface area contributed by atoms with E-state index in [9.17, 15) is 0 Å². The van der Waals surface area contributed by atoms with Gasteiger partial charge in [0.1, 0.15) is 5.69 Å². The van der Waals surface area contributed by atoms with Crippen molar-refractivity contribution in [2.45, 2.75) is 0 Å². The van der Waals surface area contributed by atoms with Crippen LogP contribution in [0, 0.1) is 0 Å². The molecule has 0 saturated heterocycles. The molecular formula is C16H10N4O. The molecule has 0 atom stereocenters. The predicted octanol–water partition coefficient (Wildman–Crippen LogP) is 3.35. The summed E-state index contributed by atoms with van der Waals surface area (Å²) < 4.78 is 5.31. The lowest BCUT2D eigenvalue weighted by molar-refractivity contribution is 0.432. The van der Waals surface area contributed by atoms with Crippen molar-refractivity contribution in [1.82, 2.24) is 20.1 Å². The quantitative estimate of drug-likeness (QED) is 0.561. The SMILES string of the molecule is c1ccc(-c2noc(-c3cnc4ccccc4c3)n2)nc1. The van der Waals surface area contributed by atoms with Crippen LogP contribution in [0.25, 0.3) is 33.9 Å². The van der Waals surface area contributed by atoms with E-state index in [1.165, 1.54) is 0 Å². The summed E-state index contributed by atoms with van der Waals surface area (Å²) in [7, 11) is 0. The number of benzene rings is 1. The third-order valence-corrected chi connectivity index (χ3v) is 3.16. The lowest BCUT2D eigenvalue weighted by atomic mass is 10.1. The lowest BCUT2D eigenvalue weighted by Crippen LogP contribution is -1.85. The van der Waals surface area contributed by atoms with Gasteiger partial charge in [-0.2, -0.15) is 4.98 Å². The van der Waals surface area contributed by atoms with Crippen molar-refractivity contribution < 1.29 is 4.52 Å². The first-order chi connectivity index (χ1) is 10.4. The summed E-state index contributed by atoms with van der Waals surface area (Å²) in [6.45, 7) is 0. The van der Waals surface area contributed by atoms with Gasteiger partial charge >= 0.3 is 0 Å². The summed E-state index contributed by atoms with van der Waals surface area (Å²) >= 11 is 0. The molecule has 0 spiro atoms. The largest absolute Gasteiger partial charge is 0.333 e. The molecule has 5 heteroatoms. The molecule has 0 aliphatic carbocycles. The van der Waals surface area contributed by atoms with E-state index in [0.717, 1.165) is 16.5 Å². The molecule has 0 unspecified atom stereocenters. The van der Waals surface area contributed by atoms with Crippen LogP contribution in [-0.2, 0) is 0 Å². The van der Waals surface area contributed by atoms with Crippen LogP contribution in [0.2, 0.25) is 0 Å². The normalized spacial score (nSPS) is 10.9. The minimum Gasteiger partial charge on any atom is -0.333 e. The highest BCUT2D eigenvalue weighted by atomic mass is 16.5. The second-order valence-electron chi connectivity index (χ2n) is 4.55. The zero-order chi connectivity index (χ0) is 14.1. The Balaban J connectivity index is 1.77. The maximum Gasteiger partial charge on any atom is 0.259 e. The number of aromatic nitrogens is 4. The minimum absolute atomic E-state index is 0.439. The van der Waals surface area contributed by atoms with Crippen LogP contribution >= 0.6 is 0 Å². The Morgan fingerprint density at radius 2 is 1.81 bits per heavy atom. The molecule has 0 N–H and O–H groups in total. The van der Waals surface area contributed by atoms with E-state index in [1.54, 1.807) is 12.4 Å². The number of fused-ring (bicyclic) bond motifs is 1. The highest BCUT2D eigenvalue weighted by Crippen LogP contribution is 2.23. The first-order valence-corrected chi connectivity index (χ1v) is 6.50. The maximum absolute atomic E-state index is 5.31. The van der Waals surface area contributed by atoms with E-state index < -0.39 is 0 Å². The maximum atomic E-state index is 5.31. The zero-order valence-corrected chi connectivity index (χ0v) is 11.0. The van der Waals surface area contributed by atoms with Gasteiger partial charge in [-0.1, -0.05) is 29.4 Å². The second-order valence-corrected chi connectivity index (χ2v) is 4.55. The van der Waals surface area contributed by atoms with Crippen LogP contribution in [0.15, 0.2) is 65.4 Å². The fourth-order valence-corrected chi connectivity index (χ4v) is 2.13. The zero-order valence-electron chi connectivity index (χ0n) is 11.0. The van der Waals surface area contributed by atoms with Crippen LogP contribution in [0.3, 0.4) is 0 Å². The first kappa shape index (κ1) is 11.7. The van der Waals surface area contributed by atoms with E-state index in [-0.39, 0.29) is 0 Å². The molecular weight excluding hydrogens is 264 g/mol. The smallest absolute Gasteiger partial charge is 0.259 e. The average molecular weight is 274 g/mol. The van der Waals surface area contributed by atoms with Gasteiger partial charge in [0.05, 0.1) is 11.1 Å². The van der Waals surface area contributed by atoms with Crippen molar-refractivity contribution in [2.24, 2.45) is 0 Å². The molecule has 0 fully saturated rings. The monoisotopic (exact) mass is 274 g/mol. The second kappa shape index (κ2) is 4.79. The van der Waals surface area contributed by atoms with E-state index in [2.05, 4.69) is 20.1 Å². The number of nitrogens with zero attached hydrogens (tertiary/aromatic N) is 4. The highest BCUT2D eigenvalue weighted by molar-refractivity contribution is 5.82. The summed E-state index contributed by atoms with van der Waals surface area (Å²) in [5.41, 5.74) is 2.41. The Morgan fingerprint density at radius 1 is 0.905 bits per heavy atom. The summed E-state index contributed by atoms with van der Waals surface area (Å²) in [6, 6.07) is 15.5. The molecule has 21 heavy (non-hydrogen) atoms. The molecule has 4 aromatic rings. The van der Waals surface area contributed by atoms with E-state index >= 15 is 0 Å². The Bertz CT molecular complexity index is 902. The molecule has 4 rings (SSSR count). The van der Waals surface area contributed by atoms with Gasteiger partial charge in [0, 0.05) is 17.8 Å². The Labute approximate surface area is 120 Å². The molecule has 1 aromatic carbocycles. The van der Waals surface area contributed by atoms with Gasteiger partial charge in [0.15, 0.2) is 0 Å². The van der Waals surface area contributed by atoms with Gasteiger partial charge in [-0.05, 0) is 24.3 Å². The third kappa shape index (κ3) is 2.14. The topological polar surface area (TPSA) is 64.7 Å². The van der Waals surface area contributed by atoms with Crippen molar-refractivity contribution in [3.8, 4) is 23.0 Å². The lowest BCUT2D eigenvalue weighted by Gasteiger charge is -1.98. The first-order valence-electron chi connectivity index (χ1n) is 6.50. The average Bonchev–Trinajstić information content (AvgIpc) is 3.05. The minimum atomic E-state index is 0.439. The summed E-state index contributed by atoms with van der Waals surface area (Å²) in [5, 5.41) is 5.00. The van der Waals surface area contributed by atoms with Gasteiger partial charge in [0.25, 0.3) is 5.89 Å². The molecule has 0 aliphatic heterocycles. The van der Waals surface area contributed by atoms with Crippen molar-refractivity contribution in [1.29, 1.82) is 0 Å². The molecule has 0 amide bonds. The molecule has 5 nitrogen and oxygen atoms in total. The molecule has 0 saturated carbocycles. The van der Waals surface area contributed by atoms with E-state index in [0.29, 0.717) is 17.4 Å². The number of hydrogen-bond donors (Lipinski definition) is 0. The molecule has 0 radical (unpaired) electrons. The number of para-hydroxylation sites is 1. The van der Waals surface area contributed by atoms with Gasteiger partial charge in [-0.3, -0.25) is 9.97 Å². The van der Waals surface area contributed by atoms with Crippen LogP contribution in [-0.4, -0.2) is 20.1 Å². The molecule has 0 aliphatic rings. The van der Waals surface area contributed by atoms with Gasteiger partial charge < -0.3 is 4.52 Å². The van der Waals surface area contributed by atoms with Crippen molar-refractivity contribution in [2.75, 3.05) is 0 Å². The number of pyridine rings is 2. The standard InChI is InChI=1S/C16H10N4O/c1-2-6-13-11(5-1)9-12(10-18-13)16-19-15(20-21-16)14-7-3-4-8-17-14/h1-10H. The van der Waals surface area contributed by atoms with Gasteiger partial charge in [-0.25, -0.2) is 0 Å². The van der Waals surface area contributed by atoms with Crippen molar-refractivity contribution >= 4 is 10.9 Å². The fourth-order valence-electron chi connectivity index (χ4n) is 2.13. The number of hydrogen-bond acceptors (Lipinski definition) is 5. The predicted molar refractivity (Wildman–Crippen MR) is 78.3 cm³/mol. The summed E-state index contributed by atoms with van der Waals surface area (Å²) in [5.74, 6) is 0.910. The van der Waals surface area contributed by atoms with E-state index in [4.69, 9.17) is 4.52 Å². The van der Waals surface area contributed by atoms with Crippen molar-refractivity contribution in [3.05, 3.63) is 60.9 Å². The summed E-state index contributed by atoms with van der Waals surface area (Å²) in [6.07, 6.45) is 3.43. The Morgan fingerprint density at radius 3 is 2.71 bits per heavy atom. The summed E-state index contributed by atoms with van der Waals surface area (Å²) in [4.78, 5) is 13.0. The van der Waals surface area contributed by atoms with Crippen LogP contribution < -0.4 is 0 Å². The van der Waals surface area contributed by atoms with Crippen LogP contribution in [0.1, 0.15) is 0 Å². The molecule has 3 heterocycles. The Kier molecular flexibility index (Phi) is 2.67. The number of rotatable bonds is 2. The van der Waals surface area contributed by atoms with Crippen LogP contribution in [0.4, 0.5) is 0 Å².